The molecule has 3 aromatic carbocycles. The predicted molar refractivity (Wildman–Crippen MR) is 143 cm³/mol. The average molecular weight is 540 g/mol. The van der Waals surface area contributed by atoms with Gasteiger partial charge in [-0.15, -0.1) is 0 Å². The summed E-state index contributed by atoms with van der Waals surface area (Å²) in [4.78, 5) is 29.8. The van der Waals surface area contributed by atoms with Gasteiger partial charge in [0.15, 0.2) is 5.76 Å². The van der Waals surface area contributed by atoms with Crippen molar-refractivity contribution in [2.45, 2.75) is 6.54 Å². The molecule has 2 N–H and O–H groups in total. The molecular weight excluding hydrogens is 522 g/mol. The molecule has 36 heavy (non-hydrogen) atoms. The number of para-hydroxylation sites is 2. The third-order valence-electron chi connectivity index (χ3n) is 5.91. The quantitative estimate of drug-likeness (QED) is 0.314. The Morgan fingerprint density at radius 1 is 1.06 bits per heavy atom. The van der Waals surface area contributed by atoms with E-state index in [-0.39, 0.29) is 17.9 Å². The number of furan rings is 1. The highest BCUT2D eigenvalue weighted by Gasteiger charge is 2.17. The normalized spacial score (nSPS) is 11.8. The Labute approximate surface area is 212 Å². The van der Waals surface area contributed by atoms with Gasteiger partial charge in [0.25, 0.3) is 5.56 Å². The third kappa shape index (κ3) is 3.79. The van der Waals surface area contributed by atoms with E-state index >= 15 is 0 Å². The van der Waals surface area contributed by atoms with Gasteiger partial charge in [-0.25, -0.2) is 4.98 Å². The minimum Gasteiger partial charge on any atom is -0.453 e. The first kappa shape index (κ1) is 22.0. The van der Waals surface area contributed by atoms with Crippen LogP contribution in [0.2, 0.25) is 0 Å². The summed E-state index contributed by atoms with van der Waals surface area (Å²) in [6.07, 6.45) is 3.37. The summed E-state index contributed by atoms with van der Waals surface area (Å²) in [7, 11) is 0. The summed E-state index contributed by atoms with van der Waals surface area (Å²) in [6, 6.07) is 22.2. The monoisotopic (exact) mass is 539 g/mol. The fourth-order valence-corrected chi connectivity index (χ4v) is 4.69. The number of primary amides is 1. The molecule has 0 bridgehead atoms. The second kappa shape index (κ2) is 8.62. The lowest BCUT2D eigenvalue weighted by molar-refractivity contribution is -0.118. The van der Waals surface area contributed by atoms with Gasteiger partial charge in [-0.2, -0.15) is 9.78 Å². The van der Waals surface area contributed by atoms with E-state index in [9.17, 15) is 9.59 Å². The zero-order valence-electron chi connectivity index (χ0n) is 18.8. The minimum absolute atomic E-state index is 0.0334. The second-order valence-electron chi connectivity index (χ2n) is 8.30. The van der Waals surface area contributed by atoms with E-state index < -0.39 is 5.91 Å². The first-order valence-electron chi connectivity index (χ1n) is 11.1. The van der Waals surface area contributed by atoms with Crippen molar-refractivity contribution in [1.82, 2.24) is 14.2 Å². The number of amides is 1. The van der Waals surface area contributed by atoms with Gasteiger partial charge < -0.3 is 14.7 Å². The number of fused-ring (bicyclic) bond motifs is 3. The maximum atomic E-state index is 13.5. The molecule has 8 nitrogen and oxygen atoms in total. The van der Waals surface area contributed by atoms with Crippen LogP contribution >= 0.6 is 15.9 Å². The standard InChI is InChI=1S/C27H18BrN5O3/c28-18-9-10-23-16(11-18)12-24(36-23)26-31-21-7-3-1-6-20(21)27(35)33(26)30-13-17-14-32(15-25(29)34)22-8-4-2-5-19(17)22/h1-14H,15H2,(H2,29,34). The van der Waals surface area contributed by atoms with E-state index in [1.807, 2.05) is 54.6 Å². The molecule has 0 aliphatic carbocycles. The fraction of sp³-hybridized carbons (Fsp3) is 0.0370. The van der Waals surface area contributed by atoms with E-state index in [0.717, 1.165) is 26.3 Å². The van der Waals surface area contributed by atoms with Gasteiger partial charge in [-0.05, 0) is 42.5 Å². The zero-order valence-corrected chi connectivity index (χ0v) is 20.3. The molecule has 3 heterocycles. The van der Waals surface area contributed by atoms with Crippen LogP contribution in [0.1, 0.15) is 5.56 Å². The SMILES string of the molecule is NC(=O)Cn1cc(C=Nn2c(-c3cc4cc(Br)ccc4o3)nc3ccccc3c2=O)c2ccccc21. The van der Waals surface area contributed by atoms with E-state index in [2.05, 4.69) is 21.0 Å². The van der Waals surface area contributed by atoms with E-state index in [1.165, 1.54) is 4.68 Å². The molecule has 6 aromatic rings. The van der Waals surface area contributed by atoms with Crippen molar-refractivity contribution in [2.75, 3.05) is 0 Å². The van der Waals surface area contributed by atoms with Crippen LogP contribution in [0.15, 0.2) is 97.8 Å². The van der Waals surface area contributed by atoms with Gasteiger partial charge in [0.2, 0.25) is 11.7 Å². The van der Waals surface area contributed by atoms with Gasteiger partial charge in [0.05, 0.1) is 17.1 Å². The molecule has 0 saturated carbocycles. The average Bonchev–Trinajstić information content (AvgIpc) is 3.44. The van der Waals surface area contributed by atoms with Crippen LogP contribution in [0.4, 0.5) is 0 Å². The van der Waals surface area contributed by atoms with Crippen molar-refractivity contribution in [1.29, 1.82) is 0 Å². The van der Waals surface area contributed by atoms with Crippen LogP contribution in [0.3, 0.4) is 0 Å². The maximum absolute atomic E-state index is 13.5. The molecule has 0 saturated heterocycles. The molecule has 6 rings (SSSR count). The van der Waals surface area contributed by atoms with Gasteiger partial charge in [0, 0.05) is 32.5 Å². The van der Waals surface area contributed by atoms with Crippen molar-refractivity contribution in [3.05, 3.63) is 99.4 Å². The summed E-state index contributed by atoms with van der Waals surface area (Å²) in [6.45, 7) is 0.0334. The number of nitrogens with zero attached hydrogens (tertiary/aromatic N) is 4. The van der Waals surface area contributed by atoms with E-state index in [0.29, 0.717) is 22.2 Å². The molecule has 0 fully saturated rings. The minimum atomic E-state index is -0.451. The third-order valence-corrected chi connectivity index (χ3v) is 6.40. The van der Waals surface area contributed by atoms with Gasteiger partial charge in [-0.3, -0.25) is 9.59 Å². The Balaban J connectivity index is 1.55. The van der Waals surface area contributed by atoms with Crippen molar-refractivity contribution < 1.29 is 9.21 Å². The lowest BCUT2D eigenvalue weighted by atomic mass is 10.2. The number of nitrogens with two attached hydrogens (primary N) is 1. The molecule has 0 aliphatic heterocycles. The number of carbonyl (C=O) groups is 1. The Hall–Kier alpha value is -4.50. The summed E-state index contributed by atoms with van der Waals surface area (Å²) < 4.78 is 9.97. The molecule has 0 radical (unpaired) electrons. The van der Waals surface area contributed by atoms with Crippen molar-refractivity contribution >= 4 is 60.8 Å². The molecule has 0 spiro atoms. The summed E-state index contributed by atoms with van der Waals surface area (Å²) in [5.41, 5.74) is 7.88. The van der Waals surface area contributed by atoms with Crippen molar-refractivity contribution in [2.24, 2.45) is 10.8 Å². The summed E-state index contributed by atoms with van der Waals surface area (Å²) in [5.74, 6) is 0.246. The predicted octanol–water partition coefficient (Wildman–Crippen LogP) is 4.89. The summed E-state index contributed by atoms with van der Waals surface area (Å²) >= 11 is 3.48. The lowest BCUT2D eigenvalue weighted by Gasteiger charge is -2.07. The zero-order chi connectivity index (χ0) is 24.8. The van der Waals surface area contributed by atoms with Crippen LogP contribution in [0.25, 0.3) is 44.4 Å². The first-order valence-corrected chi connectivity index (χ1v) is 11.9. The highest BCUT2D eigenvalue weighted by molar-refractivity contribution is 9.10. The Morgan fingerprint density at radius 3 is 2.67 bits per heavy atom. The van der Waals surface area contributed by atoms with E-state index in [4.69, 9.17) is 15.1 Å². The smallest absolute Gasteiger partial charge is 0.282 e. The van der Waals surface area contributed by atoms with Crippen LogP contribution in [0.5, 0.6) is 0 Å². The van der Waals surface area contributed by atoms with E-state index in [1.54, 1.807) is 35.2 Å². The molecule has 176 valence electrons. The molecule has 3 aromatic heterocycles. The number of benzene rings is 3. The summed E-state index contributed by atoms with van der Waals surface area (Å²) in [5, 5.41) is 6.73. The molecule has 0 aliphatic rings. The van der Waals surface area contributed by atoms with Crippen LogP contribution in [-0.4, -0.2) is 26.3 Å². The largest absolute Gasteiger partial charge is 0.453 e. The highest BCUT2D eigenvalue weighted by atomic mass is 79.9. The number of hydrogen-bond acceptors (Lipinski definition) is 5. The number of hydrogen-bond donors (Lipinski definition) is 1. The van der Waals surface area contributed by atoms with Gasteiger partial charge in [-0.1, -0.05) is 46.3 Å². The van der Waals surface area contributed by atoms with Crippen molar-refractivity contribution in [3.8, 4) is 11.6 Å². The second-order valence-corrected chi connectivity index (χ2v) is 9.22. The first-order chi connectivity index (χ1) is 17.5. The Morgan fingerprint density at radius 2 is 1.83 bits per heavy atom. The van der Waals surface area contributed by atoms with Crippen molar-refractivity contribution in [3.63, 3.8) is 0 Å². The maximum Gasteiger partial charge on any atom is 0.282 e. The Bertz CT molecular complexity index is 1900. The number of rotatable bonds is 5. The fourth-order valence-electron chi connectivity index (χ4n) is 4.31. The lowest BCUT2D eigenvalue weighted by Crippen LogP contribution is -2.20. The molecule has 9 heteroatoms. The van der Waals surface area contributed by atoms with Crippen LogP contribution in [0, 0.1) is 0 Å². The number of carbonyl (C=O) groups excluding carboxylic acids is 1. The molecule has 0 atom stereocenters. The number of aromatic nitrogens is 3. The van der Waals surface area contributed by atoms with Crippen LogP contribution < -0.4 is 11.3 Å². The molecular formula is C27H18BrN5O3. The van der Waals surface area contributed by atoms with Crippen LogP contribution in [-0.2, 0) is 11.3 Å². The van der Waals surface area contributed by atoms with Gasteiger partial charge >= 0.3 is 0 Å². The Kier molecular flexibility index (Phi) is 5.26. The highest BCUT2D eigenvalue weighted by Crippen LogP contribution is 2.29. The number of halogens is 1. The molecule has 0 unspecified atom stereocenters. The topological polar surface area (TPSA) is 108 Å². The molecule has 1 amide bonds. The van der Waals surface area contributed by atoms with Gasteiger partial charge in [0.1, 0.15) is 12.1 Å².